The maximum atomic E-state index is 13.1. The molecule has 0 atom stereocenters. The maximum Gasteiger partial charge on any atom is 0.324 e. The van der Waals surface area contributed by atoms with Crippen LogP contribution in [0.2, 0.25) is 0 Å². The van der Waals surface area contributed by atoms with Crippen LogP contribution >= 0.6 is 0 Å². The second kappa shape index (κ2) is 6.29. The van der Waals surface area contributed by atoms with Gasteiger partial charge in [-0.15, -0.1) is 0 Å². The number of carbonyl (C=O) groups is 1. The Bertz CT molecular complexity index is 982. The van der Waals surface area contributed by atoms with E-state index in [0.29, 0.717) is 10.9 Å². The van der Waals surface area contributed by atoms with Crippen LogP contribution in [-0.2, 0) is 14.8 Å². The number of hydrogen-bond acceptors (Lipinski definition) is 4. The van der Waals surface area contributed by atoms with E-state index in [9.17, 15) is 13.2 Å². The van der Waals surface area contributed by atoms with Gasteiger partial charge in [0.25, 0.3) is 10.0 Å². The number of rotatable bonds is 5. The number of benzene rings is 2. The van der Waals surface area contributed by atoms with E-state index in [1.54, 1.807) is 54.6 Å². The van der Waals surface area contributed by atoms with E-state index >= 15 is 0 Å². The van der Waals surface area contributed by atoms with E-state index in [1.165, 1.54) is 12.3 Å². The predicted molar refractivity (Wildman–Crippen MR) is 90.4 cm³/mol. The van der Waals surface area contributed by atoms with Crippen LogP contribution in [-0.4, -0.2) is 31.0 Å². The topological polar surface area (TPSA) is 87.6 Å². The Balaban J connectivity index is 2.20. The lowest BCUT2D eigenvalue weighted by atomic mass is 10.2. The molecule has 0 aliphatic heterocycles. The molecule has 122 valence electrons. The molecule has 0 aliphatic rings. The Labute approximate surface area is 139 Å². The number of pyridine rings is 1. The smallest absolute Gasteiger partial charge is 0.324 e. The number of anilines is 1. The fraction of sp³-hybridized carbons (Fsp3) is 0.0588. The first-order chi connectivity index (χ1) is 11.5. The summed E-state index contributed by atoms with van der Waals surface area (Å²) in [6, 6.07) is 16.4. The van der Waals surface area contributed by atoms with Crippen molar-refractivity contribution >= 4 is 32.6 Å². The summed E-state index contributed by atoms with van der Waals surface area (Å²) in [6.45, 7) is -0.671. The van der Waals surface area contributed by atoms with Crippen molar-refractivity contribution in [1.82, 2.24) is 4.98 Å². The number of nitrogens with zero attached hydrogens (tertiary/aromatic N) is 2. The Kier molecular flexibility index (Phi) is 4.18. The zero-order chi connectivity index (χ0) is 17.2. The molecule has 7 heteroatoms. The standard InChI is InChI=1S/C17H14N2O4S/c20-16(21)12-19(14-8-2-1-3-9-14)24(22,23)15-10-4-6-13-7-5-11-18-17(13)15/h1-11H,12H2,(H,20,21). The summed E-state index contributed by atoms with van der Waals surface area (Å²) >= 11 is 0. The van der Waals surface area contributed by atoms with Crippen LogP contribution in [0.25, 0.3) is 10.9 Å². The Morgan fingerprint density at radius 1 is 1.00 bits per heavy atom. The van der Waals surface area contributed by atoms with Crippen molar-refractivity contribution < 1.29 is 18.3 Å². The zero-order valence-electron chi connectivity index (χ0n) is 12.5. The minimum atomic E-state index is -4.09. The van der Waals surface area contributed by atoms with Gasteiger partial charge in [0.2, 0.25) is 0 Å². The number of carboxylic acid groups (broad SMARTS) is 1. The van der Waals surface area contributed by atoms with Crippen molar-refractivity contribution in [2.45, 2.75) is 4.90 Å². The van der Waals surface area contributed by atoms with Crippen LogP contribution in [0.15, 0.2) is 71.8 Å². The van der Waals surface area contributed by atoms with E-state index in [-0.39, 0.29) is 10.6 Å². The third kappa shape index (κ3) is 2.93. The molecule has 1 aromatic heterocycles. The third-order valence-electron chi connectivity index (χ3n) is 3.49. The van der Waals surface area contributed by atoms with Crippen LogP contribution in [0.4, 0.5) is 5.69 Å². The molecule has 0 radical (unpaired) electrons. The highest BCUT2D eigenvalue weighted by atomic mass is 32.2. The lowest BCUT2D eigenvalue weighted by molar-refractivity contribution is -0.135. The highest BCUT2D eigenvalue weighted by Gasteiger charge is 2.28. The highest BCUT2D eigenvalue weighted by molar-refractivity contribution is 7.93. The molecule has 0 aliphatic carbocycles. The summed E-state index contributed by atoms with van der Waals surface area (Å²) in [7, 11) is -4.09. The number of para-hydroxylation sites is 2. The molecule has 0 bridgehead atoms. The van der Waals surface area contributed by atoms with Gasteiger partial charge in [-0.05, 0) is 24.3 Å². The fourth-order valence-electron chi connectivity index (χ4n) is 2.44. The van der Waals surface area contributed by atoms with Gasteiger partial charge in [-0.25, -0.2) is 8.42 Å². The normalized spacial score (nSPS) is 11.3. The predicted octanol–water partition coefficient (Wildman–Crippen LogP) is 2.51. The Morgan fingerprint density at radius 3 is 2.42 bits per heavy atom. The van der Waals surface area contributed by atoms with Gasteiger partial charge in [0.1, 0.15) is 11.4 Å². The van der Waals surface area contributed by atoms with E-state index in [1.807, 2.05) is 0 Å². The van der Waals surface area contributed by atoms with Crippen molar-refractivity contribution in [2.24, 2.45) is 0 Å². The minimum absolute atomic E-state index is 0.0225. The molecule has 0 fully saturated rings. The number of aromatic nitrogens is 1. The van der Waals surface area contributed by atoms with Crippen LogP contribution in [0.3, 0.4) is 0 Å². The lowest BCUT2D eigenvalue weighted by Gasteiger charge is -2.23. The van der Waals surface area contributed by atoms with Gasteiger partial charge in [0.15, 0.2) is 0 Å². The van der Waals surface area contributed by atoms with Crippen LogP contribution in [0.1, 0.15) is 0 Å². The van der Waals surface area contributed by atoms with Gasteiger partial charge >= 0.3 is 5.97 Å². The first kappa shape index (κ1) is 15.9. The van der Waals surface area contributed by atoms with Gasteiger partial charge in [-0.3, -0.25) is 14.1 Å². The highest BCUT2D eigenvalue weighted by Crippen LogP contribution is 2.27. The van der Waals surface area contributed by atoms with Gasteiger partial charge in [0, 0.05) is 11.6 Å². The molecule has 2 aromatic carbocycles. The first-order valence-corrected chi connectivity index (χ1v) is 8.57. The molecular formula is C17H14N2O4S. The molecule has 1 heterocycles. The quantitative estimate of drug-likeness (QED) is 0.770. The SMILES string of the molecule is O=C(O)CN(c1ccccc1)S(=O)(=O)c1cccc2cccnc12. The molecule has 0 amide bonds. The van der Waals surface area contributed by atoms with E-state index in [4.69, 9.17) is 5.11 Å². The van der Waals surface area contributed by atoms with Gasteiger partial charge in [0.05, 0.1) is 11.2 Å². The van der Waals surface area contributed by atoms with Crippen molar-refractivity contribution in [3.05, 3.63) is 66.9 Å². The average Bonchev–Trinajstić information content (AvgIpc) is 2.59. The molecule has 0 saturated heterocycles. The summed E-state index contributed by atoms with van der Waals surface area (Å²) in [5.41, 5.74) is 0.596. The van der Waals surface area contributed by atoms with Crippen molar-refractivity contribution in [1.29, 1.82) is 0 Å². The molecule has 3 rings (SSSR count). The molecule has 0 unspecified atom stereocenters. The maximum absolute atomic E-state index is 13.1. The molecule has 24 heavy (non-hydrogen) atoms. The van der Waals surface area contributed by atoms with Crippen molar-refractivity contribution in [2.75, 3.05) is 10.8 Å². The van der Waals surface area contributed by atoms with Crippen LogP contribution in [0.5, 0.6) is 0 Å². The third-order valence-corrected chi connectivity index (χ3v) is 5.29. The molecule has 0 saturated carbocycles. The van der Waals surface area contributed by atoms with Crippen LogP contribution in [0, 0.1) is 0 Å². The number of carboxylic acids is 1. The van der Waals surface area contributed by atoms with E-state index in [0.717, 1.165) is 4.31 Å². The molecule has 3 aromatic rings. The Hall–Kier alpha value is -2.93. The lowest BCUT2D eigenvalue weighted by Crippen LogP contribution is -2.35. The average molecular weight is 342 g/mol. The fourth-order valence-corrected chi connectivity index (χ4v) is 4.02. The van der Waals surface area contributed by atoms with Crippen LogP contribution < -0.4 is 4.31 Å². The van der Waals surface area contributed by atoms with E-state index in [2.05, 4.69) is 4.98 Å². The second-order valence-electron chi connectivity index (χ2n) is 5.07. The number of aliphatic carboxylic acids is 1. The Morgan fingerprint density at radius 2 is 1.71 bits per heavy atom. The second-order valence-corrected chi connectivity index (χ2v) is 6.90. The number of hydrogen-bond donors (Lipinski definition) is 1. The summed E-state index contributed by atoms with van der Waals surface area (Å²) < 4.78 is 27.1. The van der Waals surface area contributed by atoms with E-state index < -0.39 is 22.5 Å². The molecule has 0 spiro atoms. The first-order valence-electron chi connectivity index (χ1n) is 7.13. The largest absolute Gasteiger partial charge is 0.480 e. The van der Waals surface area contributed by atoms with Gasteiger partial charge in [-0.1, -0.05) is 36.4 Å². The summed E-state index contributed by atoms with van der Waals surface area (Å²) in [6.07, 6.45) is 1.51. The number of fused-ring (bicyclic) bond motifs is 1. The summed E-state index contributed by atoms with van der Waals surface area (Å²) in [5.74, 6) is -1.24. The summed E-state index contributed by atoms with van der Waals surface area (Å²) in [5, 5.41) is 9.82. The minimum Gasteiger partial charge on any atom is -0.480 e. The molecular weight excluding hydrogens is 328 g/mol. The zero-order valence-corrected chi connectivity index (χ0v) is 13.3. The monoisotopic (exact) mass is 342 g/mol. The molecule has 6 nitrogen and oxygen atoms in total. The number of sulfonamides is 1. The van der Waals surface area contributed by atoms with Gasteiger partial charge < -0.3 is 5.11 Å². The van der Waals surface area contributed by atoms with Gasteiger partial charge in [-0.2, -0.15) is 0 Å². The van der Waals surface area contributed by atoms with Crippen molar-refractivity contribution in [3.63, 3.8) is 0 Å². The van der Waals surface area contributed by atoms with Crippen molar-refractivity contribution in [3.8, 4) is 0 Å². The summed E-state index contributed by atoms with van der Waals surface area (Å²) in [4.78, 5) is 15.3. The molecule has 1 N–H and O–H groups in total.